The van der Waals surface area contributed by atoms with Gasteiger partial charge in [0.1, 0.15) is 0 Å². The summed E-state index contributed by atoms with van der Waals surface area (Å²) in [5.74, 6) is -2.00. The average Bonchev–Trinajstić information content (AvgIpc) is 2.50. The molecule has 4 heteroatoms. The van der Waals surface area contributed by atoms with Gasteiger partial charge in [0.2, 0.25) is 0 Å². The number of ether oxygens (including phenoxy) is 2. The van der Waals surface area contributed by atoms with E-state index in [2.05, 4.69) is 39.5 Å². The molecular weight excluding hydrogens is 304 g/mol. The molecule has 0 fully saturated rings. The molecule has 0 aliphatic heterocycles. The molecular formula is C20H32O4. The van der Waals surface area contributed by atoms with Crippen LogP contribution in [0.25, 0.3) is 0 Å². The fraction of sp³-hybridized carbons (Fsp3) is 0.600. The van der Waals surface area contributed by atoms with Gasteiger partial charge >= 0.3 is 11.9 Å². The SMILES string of the molecule is C=C(C/C=C(\C)CCC=C(C)C)CC(C(=O)OCC)C(=O)OCC. The van der Waals surface area contributed by atoms with Crippen molar-refractivity contribution in [2.24, 2.45) is 5.92 Å². The molecule has 0 bridgehead atoms. The molecule has 0 heterocycles. The molecule has 0 unspecified atom stereocenters. The lowest BCUT2D eigenvalue weighted by Gasteiger charge is -2.15. The molecule has 0 atom stereocenters. The van der Waals surface area contributed by atoms with Crippen molar-refractivity contribution < 1.29 is 19.1 Å². The van der Waals surface area contributed by atoms with E-state index in [4.69, 9.17) is 9.47 Å². The standard InChI is InChI=1S/C20H32O4/c1-7-23-19(21)18(20(22)24-8-2)14-17(6)13-12-16(5)11-9-10-15(3)4/h10,12,18H,6-9,11,13-14H2,1-5H3/b16-12+. The van der Waals surface area contributed by atoms with Crippen molar-refractivity contribution in [3.8, 4) is 0 Å². The van der Waals surface area contributed by atoms with Crippen LogP contribution in [0.3, 0.4) is 0 Å². The summed E-state index contributed by atoms with van der Waals surface area (Å²) in [6, 6.07) is 0. The average molecular weight is 336 g/mol. The molecule has 0 aliphatic rings. The highest BCUT2D eigenvalue weighted by Crippen LogP contribution is 2.19. The minimum Gasteiger partial charge on any atom is -0.465 e. The van der Waals surface area contributed by atoms with Crippen molar-refractivity contribution in [1.29, 1.82) is 0 Å². The van der Waals surface area contributed by atoms with Crippen LogP contribution in [0.2, 0.25) is 0 Å². The lowest BCUT2D eigenvalue weighted by Crippen LogP contribution is -2.28. The van der Waals surface area contributed by atoms with Crippen LogP contribution >= 0.6 is 0 Å². The summed E-state index contributed by atoms with van der Waals surface area (Å²) in [6.45, 7) is 14.2. The third kappa shape index (κ3) is 10.0. The highest BCUT2D eigenvalue weighted by Gasteiger charge is 2.29. The largest absolute Gasteiger partial charge is 0.465 e. The number of carbonyl (C=O) groups is 2. The van der Waals surface area contributed by atoms with Gasteiger partial charge in [-0.05, 0) is 60.3 Å². The fourth-order valence-electron chi connectivity index (χ4n) is 2.13. The maximum Gasteiger partial charge on any atom is 0.320 e. The van der Waals surface area contributed by atoms with Crippen molar-refractivity contribution in [3.63, 3.8) is 0 Å². The van der Waals surface area contributed by atoms with Crippen molar-refractivity contribution >= 4 is 11.9 Å². The quantitative estimate of drug-likeness (QED) is 0.310. The second kappa shape index (κ2) is 12.6. The van der Waals surface area contributed by atoms with E-state index in [1.54, 1.807) is 13.8 Å². The van der Waals surface area contributed by atoms with E-state index in [1.807, 2.05) is 0 Å². The van der Waals surface area contributed by atoms with Crippen LogP contribution in [-0.4, -0.2) is 25.2 Å². The monoisotopic (exact) mass is 336 g/mol. The molecule has 0 saturated carbocycles. The second-order valence-electron chi connectivity index (χ2n) is 6.09. The summed E-state index contributed by atoms with van der Waals surface area (Å²) in [5.41, 5.74) is 3.42. The molecule has 0 N–H and O–H groups in total. The molecule has 0 saturated heterocycles. The molecule has 24 heavy (non-hydrogen) atoms. The zero-order valence-electron chi connectivity index (χ0n) is 15.8. The van der Waals surface area contributed by atoms with Gasteiger partial charge in [-0.15, -0.1) is 0 Å². The molecule has 0 spiro atoms. The van der Waals surface area contributed by atoms with Gasteiger partial charge in [-0.3, -0.25) is 9.59 Å². The number of hydrogen-bond donors (Lipinski definition) is 0. The zero-order chi connectivity index (χ0) is 18.5. The maximum atomic E-state index is 12.0. The topological polar surface area (TPSA) is 52.6 Å². The number of allylic oxidation sites excluding steroid dienone is 5. The van der Waals surface area contributed by atoms with Gasteiger partial charge in [0.25, 0.3) is 0 Å². The van der Waals surface area contributed by atoms with Gasteiger partial charge < -0.3 is 9.47 Å². The predicted octanol–water partition coefficient (Wildman–Crippen LogP) is 4.76. The Morgan fingerprint density at radius 3 is 2.00 bits per heavy atom. The molecule has 0 aromatic rings. The van der Waals surface area contributed by atoms with Crippen LogP contribution in [-0.2, 0) is 19.1 Å². The van der Waals surface area contributed by atoms with Crippen LogP contribution in [0.1, 0.15) is 60.3 Å². The van der Waals surface area contributed by atoms with Gasteiger partial charge in [-0.1, -0.05) is 35.5 Å². The number of rotatable bonds is 11. The molecule has 0 aromatic heterocycles. The molecule has 0 radical (unpaired) electrons. The molecule has 0 aliphatic carbocycles. The van der Waals surface area contributed by atoms with E-state index < -0.39 is 17.9 Å². The number of esters is 2. The van der Waals surface area contributed by atoms with Crippen LogP contribution in [0.15, 0.2) is 35.5 Å². The van der Waals surface area contributed by atoms with Gasteiger partial charge in [-0.25, -0.2) is 0 Å². The minimum absolute atomic E-state index is 0.241. The van der Waals surface area contributed by atoms with Gasteiger partial charge in [0.05, 0.1) is 13.2 Å². The van der Waals surface area contributed by atoms with Crippen LogP contribution < -0.4 is 0 Å². The third-order valence-electron chi connectivity index (χ3n) is 3.47. The first-order valence-electron chi connectivity index (χ1n) is 8.60. The second-order valence-corrected chi connectivity index (χ2v) is 6.09. The molecule has 0 amide bonds. The fourth-order valence-corrected chi connectivity index (χ4v) is 2.13. The Morgan fingerprint density at radius 1 is 1.00 bits per heavy atom. The Bertz CT molecular complexity index is 464. The van der Waals surface area contributed by atoms with E-state index in [-0.39, 0.29) is 19.6 Å². The van der Waals surface area contributed by atoms with Crippen LogP contribution in [0.5, 0.6) is 0 Å². The first-order valence-corrected chi connectivity index (χ1v) is 8.60. The van der Waals surface area contributed by atoms with Crippen LogP contribution in [0.4, 0.5) is 0 Å². The first kappa shape index (κ1) is 22.2. The van der Waals surface area contributed by atoms with Gasteiger partial charge in [-0.2, -0.15) is 0 Å². The summed E-state index contributed by atoms with van der Waals surface area (Å²) in [7, 11) is 0. The zero-order valence-corrected chi connectivity index (χ0v) is 15.8. The van der Waals surface area contributed by atoms with E-state index in [0.717, 1.165) is 18.4 Å². The van der Waals surface area contributed by atoms with Crippen molar-refractivity contribution in [3.05, 3.63) is 35.5 Å². The molecule has 0 rings (SSSR count). The first-order chi connectivity index (χ1) is 11.3. The summed E-state index contributed by atoms with van der Waals surface area (Å²) in [4.78, 5) is 23.9. The van der Waals surface area contributed by atoms with E-state index in [1.165, 1.54) is 11.1 Å². The highest BCUT2D eigenvalue weighted by atomic mass is 16.6. The summed E-state index contributed by atoms with van der Waals surface area (Å²) in [6.07, 6.45) is 7.24. The summed E-state index contributed by atoms with van der Waals surface area (Å²) >= 11 is 0. The Hall–Kier alpha value is -1.84. The number of hydrogen-bond acceptors (Lipinski definition) is 4. The summed E-state index contributed by atoms with van der Waals surface area (Å²) < 4.78 is 9.94. The lowest BCUT2D eigenvalue weighted by molar-refractivity contribution is -0.161. The molecule has 0 aromatic carbocycles. The minimum atomic E-state index is -0.920. The Labute approximate surface area is 146 Å². The van der Waals surface area contributed by atoms with E-state index >= 15 is 0 Å². The normalized spacial score (nSPS) is 11.2. The van der Waals surface area contributed by atoms with Gasteiger partial charge in [0.15, 0.2) is 5.92 Å². The van der Waals surface area contributed by atoms with Crippen molar-refractivity contribution in [2.45, 2.75) is 60.3 Å². The third-order valence-corrected chi connectivity index (χ3v) is 3.47. The van der Waals surface area contributed by atoms with E-state index in [9.17, 15) is 9.59 Å². The smallest absolute Gasteiger partial charge is 0.320 e. The Balaban J connectivity index is 4.62. The summed E-state index contributed by atoms with van der Waals surface area (Å²) in [5, 5.41) is 0. The lowest BCUT2D eigenvalue weighted by atomic mass is 9.97. The highest BCUT2D eigenvalue weighted by molar-refractivity contribution is 5.95. The maximum absolute atomic E-state index is 12.0. The number of carbonyl (C=O) groups excluding carboxylic acids is 2. The predicted molar refractivity (Wildman–Crippen MR) is 97.6 cm³/mol. The molecule has 4 nitrogen and oxygen atoms in total. The molecule has 136 valence electrons. The van der Waals surface area contributed by atoms with Crippen LogP contribution in [0, 0.1) is 5.92 Å². The Kier molecular flexibility index (Phi) is 11.6. The van der Waals surface area contributed by atoms with Gasteiger partial charge in [0, 0.05) is 0 Å². The Morgan fingerprint density at radius 2 is 1.54 bits per heavy atom. The van der Waals surface area contributed by atoms with Crippen molar-refractivity contribution in [1.82, 2.24) is 0 Å². The van der Waals surface area contributed by atoms with E-state index in [0.29, 0.717) is 6.42 Å². The van der Waals surface area contributed by atoms with Crippen molar-refractivity contribution in [2.75, 3.05) is 13.2 Å².